The molecule has 0 aliphatic carbocycles. The fraction of sp³-hybridized carbons (Fsp3) is 0.222. The maximum Gasteiger partial charge on any atom is 0.370 e. The van der Waals surface area contributed by atoms with E-state index in [0.29, 0.717) is 0 Å². The van der Waals surface area contributed by atoms with E-state index in [9.17, 15) is 4.79 Å². The lowest BCUT2D eigenvalue weighted by Crippen LogP contribution is -2.36. The Morgan fingerprint density at radius 1 is 1.71 bits per heavy atom. The molecule has 72 valence electrons. The number of aryl methyl sites for hydroxylation is 1. The summed E-state index contributed by atoms with van der Waals surface area (Å²) < 4.78 is 2.70. The van der Waals surface area contributed by atoms with Gasteiger partial charge in [-0.05, 0) is 6.92 Å². The van der Waals surface area contributed by atoms with Gasteiger partial charge in [0.05, 0.1) is 9.71 Å². The zero-order chi connectivity index (χ0) is 10.1. The Morgan fingerprint density at radius 3 is 3.21 bits per heavy atom. The van der Waals surface area contributed by atoms with Crippen LogP contribution in [0.15, 0.2) is 18.5 Å². The van der Waals surface area contributed by atoms with Crippen LogP contribution in [0, 0.1) is 6.92 Å². The van der Waals surface area contributed by atoms with Crippen LogP contribution in [0.4, 0.5) is 0 Å². The van der Waals surface area contributed by atoms with Gasteiger partial charge >= 0.3 is 5.97 Å². The Balaban J connectivity index is 2.45. The van der Waals surface area contributed by atoms with E-state index in [2.05, 4.69) is 4.98 Å². The molecule has 0 fully saturated rings. The molecule has 2 aromatic heterocycles. The minimum atomic E-state index is -0.846. The van der Waals surface area contributed by atoms with Gasteiger partial charge in [0.1, 0.15) is 5.52 Å². The van der Waals surface area contributed by atoms with E-state index in [0.717, 1.165) is 15.2 Å². The normalized spacial score (nSPS) is 10.6. The van der Waals surface area contributed by atoms with Gasteiger partial charge in [0, 0.05) is 6.07 Å². The van der Waals surface area contributed by atoms with E-state index in [1.807, 2.05) is 13.0 Å². The number of hydrogen-bond acceptors (Lipinski definition) is 3. The molecule has 0 aromatic carbocycles. The minimum Gasteiger partial charge on any atom is -0.477 e. The fourth-order valence-electron chi connectivity index (χ4n) is 1.29. The van der Waals surface area contributed by atoms with Crippen LogP contribution in [0.3, 0.4) is 0 Å². The van der Waals surface area contributed by atoms with Crippen molar-refractivity contribution in [3.63, 3.8) is 0 Å². The highest BCUT2D eigenvalue weighted by molar-refractivity contribution is 7.18. The summed E-state index contributed by atoms with van der Waals surface area (Å²) >= 11 is 1.61. The van der Waals surface area contributed by atoms with Gasteiger partial charge in [-0.2, -0.15) is 4.57 Å². The van der Waals surface area contributed by atoms with Crippen LogP contribution >= 0.6 is 11.3 Å². The molecular formula is C9H9N2O2S+. The summed E-state index contributed by atoms with van der Waals surface area (Å²) in [4.78, 5) is 14.8. The molecular weight excluding hydrogens is 200 g/mol. The molecule has 2 rings (SSSR count). The molecule has 0 aliphatic heterocycles. The maximum atomic E-state index is 10.5. The molecule has 0 spiro atoms. The average Bonchev–Trinajstić information content (AvgIpc) is 2.42. The van der Waals surface area contributed by atoms with Gasteiger partial charge in [0.25, 0.3) is 0 Å². The lowest BCUT2D eigenvalue weighted by atomic mass is 10.4. The summed E-state index contributed by atoms with van der Waals surface area (Å²) in [5.41, 5.74) is 0.858. The highest BCUT2D eigenvalue weighted by Crippen LogP contribution is 2.18. The van der Waals surface area contributed by atoms with Crippen LogP contribution in [-0.4, -0.2) is 16.1 Å². The molecule has 0 radical (unpaired) electrons. The van der Waals surface area contributed by atoms with Gasteiger partial charge in [-0.25, -0.2) is 9.78 Å². The maximum absolute atomic E-state index is 10.5. The van der Waals surface area contributed by atoms with Crippen LogP contribution in [0.5, 0.6) is 0 Å². The molecule has 1 N–H and O–H groups in total. The Labute approximate surface area is 84.5 Å². The van der Waals surface area contributed by atoms with Crippen molar-refractivity contribution in [3.05, 3.63) is 23.5 Å². The molecule has 4 nitrogen and oxygen atoms in total. The molecule has 0 saturated heterocycles. The first-order chi connectivity index (χ1) is 6.65. The van der Waals surface area contributed by atoms with Gasteiger partial charge in [-0.3, -0.25) is 0 Å². The topological polar surface area (TPSA) is 54.1 Å². The van der Waals surface area contributed by atoms with Crippen molar-refractivity contribution >= 4 is 27.5 Å². The number of nitrogens with zero attached hydrogens (tertiary/aromatic N) is 2. The number of carboxylic acid groups (broad SMARTS) is 1. The van der Waals surface area contributed by atoms with Crippen molar-refractivity contribution in [2.45, 2.75) is 13.5 Å². The van der Waals surface area contributed by atoms with Gasteiger partial charge in [-0.15, -0.1) is 11.3 Å². The number of hydrogen-bond donors (Lipinski definition) is 1. The van der Waals surface area contributed by atoms with E-state index in [1.54, 1.807) is 28.3 Å². The quantitative estimate of drug-likeness (QED) is 0.750. The summed E-state index contributed by atoms with van der Waals surface area (Å²) in [6.07, 6.45) is 3.51. The first-order valence-electron chi connectivity index (χ1n) is 4.13. The van der Waals surface area contributed by atoms with Gasteiger partial charge in [0.15, 0.2) is 12.4 Å². The van der Waals surface area contributed by atoms with Crippen molar-refractivity contribution in [3.8, 4) is 0 Å². The van der Waals surface area contributed by atoms with Crippen molar-refractivity contribution in [2.75, 3.05) is 0 Å². The van der Waals surface area contributed by atoms with Crippen molar-refractivity contribution < 1.29 is 14.5 Å². The Morgan fingerprint density at radius 2 is 2.50 bits per heavy atom. The van der Waals surface area contributed by atoms with Crippen LogP contribution in [0.25, 0.3) is 10.2 Å². The Hall–Kier alpha value is -1.49. The number of fused-ring (bicyclic) bond motifs is 1. The van der Waals surface area contributed by atoms with Crippen LogP contribution < -0.4 is 4.57 Å². The zero-order valence-electron chi connectivity index (χ0n) is 7.60. The zero-order valence-corrected chi connectivity index (χ0v) is 8.41. The summed E-state index contributed by atoms with van der Waals surface area (Å²) in [5, 5.41) is 9.60. The van der Waals surface area contributed by atoms with Crippen molar-refractivity contribution in [1.82, 2.24) is 4.98 Å². The number of aromatic nitrogens is 2. The standard InChI is InChI=1S/C9H8N2O2S/c1-6-10-7-4-11(5-9(12)13)3-2-8(7)14-6/h2-4H,5H2,1H3/p+1. The average molecular weight is 209 g/mol. The predicted molar refractivity (Wildman–Crippen MR) is 52.2 cm³/mol. The van der Waals surface area contributed by atoms with Crippen LogP contribution in [-0.2, 0) is 11.3 Å². The van der Waals surface area contributed by atoms with Gasteiger partial charge < -0.3 is 5.11 Å². The molecule has 2 heterocycles. The van der Waals surface area contributed by atoms with Gasteiger partial charge in [-0.1, -0.05) is 0 Å². The third kappa shape index (κ3) is 1.72. The number of aliphatic carboxylic acids is 1. The van der Waals surface area contributed by atoms with E-state index in [1.165, 1.54) is 0 Å². The van der Waals surface area contributed by atoms with E-state index in [-0.39, 0.29) is 6.54 Å². The summed E-state index contributed by atoms with van der Waals surface area (Å²) in [7, 11) is 0. The first-order valence-corrected chi connectivity index (χ1v) is 4.95. The lowest BCUT2D eigenvalue weighted by molar-refractivity contribution is -0.684. The second-order valence-electron chi connectivity index (χ2n) is 2.99. The largest absolute Gasteiger partial charge is 0.477 e. The highest BCUT2D eigenvalue weighted by atomic mass is 32.1. The van der Waals surface area contributed by atoms with Crippen molar-refractivity contribution in [1.29, 1.82) is 0 Å². The molecule has 14 heavy (non-hydrogen) atoms. The van der Waals surface area contributed by atoms with E-state index < -0.39 is 5.97 Å². The van der Waals surface area contributed by atoms with Crippen LogP contribution in [0.2, 0.25) is 0 Å². The number of pyridine rings is 1. The number of rotatable bonds is 2. The highest BCUT2D eigenvalue weighted by Gasteiger charge is 2.09. The fourth-order valence-corrected chi connectivity index (χ4v) is 2.08. The SMILES string of the molecule is Cc1nc2c[n+](CC(=O)O)ccc2s1. The van der Waals surface area contributed by atoms with Crippen LogP contribution in [0.1, 0.15) is 5.01 Å². The lowest BCUT2D eigenvalue weighted by Gasteiger charge is -1.90. The molecule has 0 unspecified atom stereocenters. The second kappa shape index (κ2) is 3.34. The summed E-state index contributed by atoms with van der Waals surface area (Å²) in [5.74, 6) is -0.846. The molecule has 5 heteroatoms. The molecule has 0 aliphatic rings. The molecule has 0 atom stereocenters. The number of carbonyl (C=O) groups is 1. The first kappa shape index (κ1) is 9.08. The minimum absolute atomic E-state index is 0.0213. The Kier molecular flexibility index (Phi) is 2.17. The smallest absolute Gasteiger partial charge is 0.370 e. The second-order valence-corrected chi connectivity index (χ2v) is 4.23. The molecule has 0 saturated carbocycles. The van der Waals surface area contributed by atoms with E-state index in [4.69, 9.17) is 5.11 Å². The third-order valence-corrected chi connectivity index (χ3v) is 2.76. The van der Waals surface area contributed by atoms with Crippen molar-refractivity contribution in [2.24, 2.45) is 0 Å². The Bertz CT molecular complexity index is 493. The molecule has 0 bridgehead atoms. The molecule has 2 aromatic rings. The number of thiazole rings is 1. The van der Waals surface area contributed by atoms with Gasteiger partial charge in [0.2, 0.25) is 6.54 Å². The summed E-state index contributed by atoms with van der Waals surface area (Å²) in [6, 6.07) is 1.89. The third-order valence-electron chi connectivity index (χ3n) is 1.81. The summed E-state index contributed by atoms with van der Waals surface area (Å²) in [6.45, 7) is 1.92. The number of carboxylic acids is 1. The molecule has 0 amide bonds. The monoisotopic (exact) mass is 209 g/mol. The van der Waals surface area contributed by atoms with E-state index >= 15 is 0 Å². The predicted octanol–water partition coefficient (Wildman–Crippen LogP) is 0.977.